The Morgan fingerprint density at radius 1 is 1.23 bits per heavy atom. The van der Waals surface area contributed by atoms with Gasteiger partial charge in [-0.05, 0) is 42.5 Å². The minimum atomic E-state index is -0.261. The summed E-state index contributed by atoms with van der Waals surface area (Å²) in [5.74, 6) is 0.212. The summed E-state index contributed by atoms with van der Waals surface area (Å²) in [6.07, 6.45) is 6.18. The number of hydrogen-bond donors (Lipinski definition) is 1. The van der Waals surface area contributed by atoms with E-state index in [0.717, 1.165) is 56.8 Å². The summed E-state index contributed by atoms with van der Waals surface area (Å²) < 4.78 is 5.38. The number of rotatable bonds is 4. The summed E-state index contributed by atoms with van der Waals surface area (Å²) in [4.78, 5) is 14.8. The smallest absolute Gasteiger partial charge is 0.262 e. The lowest BCUT2D eigenvalue weighted by Gasteiger charge is -2.29. The predicted molar refractivity (Wildman–Crippen MR) is 103 cm³/mol. The third-order valence-corrected chi connectivity index (χ3v) is 5.37. The molecule has 2 fully saturated rings. The van der Waals surface area contributed by atoms with E-state index in [2.05, 4.69) is 23.2 Å². The molecule has 1 saturated carbocycles. The number of nitrogens with one attached hydrogen (secondary N) is 1. The zero-order valence-corrected chi connectivity index (χ0v) is 15.4. The summed E-state index contributed by atoms with van der Waals surface area (Å²) in [5, 5.41) is 12.5. The lowest BCUT2D eigenvalue weighted by Crippen LogP contribution is -2.41. The van der Waals surface area contributed by atoms with Gasteiger partial charge in [-0.1, -0.05) is 31.9 Å². The Hall–Kier alpha value is -2.32. The predicted octanol–water partition coefficient (Wildman–Crippen LogP) is 3.13. The second-order valence-electron chi connectivity index (χ2n) is 7.20. The van der Waals surface area contributed by atoms with E-state index in [0.29, 0.717) is 5.92 Å². The first kappa shape index (κ1) is 18.5. The van der Waals surface area contributed by atoms with Crippen molar-refractivity contribution in [1.82, 2.24) is 5.32 Å². The van der Waals surface area contributed by atoms with E-state index in [1.165, 1.54) is 6.42 Å². The molecule has 1 aromatic carbocycles. The molecule has 5 heteroatoms. The summed E-state index contributed by atoms with van der Waals surface area (Å²) in [5.41, 5.74) is 2.18. The van der Waals surface area contributed by atoms with Crippen LogP contribution in [0.25, 0.3) is 6.08 Å². The molecule has 138 valence electrons. The zero-order chi connectivity index (χ0) is 18.4. The van der Waals surface area contributed by atoms with Crippen molar-refractivity contribution < 1.29 is 9.53 Å². The first-order chi connectivity index (χ1) is 12.7. The number of carbonyl (C=O) groups excluding carboxylic acids is 1. The number of carbonyl (C=O) groups is 1. The Morgan fingerprint density at radius 3 is 2.58 bits per heavy atom. The monoisotopic (exact) mass is 353 g/mol. The highest BCUT2D eigenvalue weighted by atomic mass is 16.5. The second-order valence-corrected chi connectivity index (χ2v) is 7.20. The van der Waals surface area contributed by atoms with E-state index in [1.54, 1.807) is 6.08 Å². The van der Waals surface area contributed by atoms with E-state index < -0.39 is 0 Å². The number of anilines is 1. The number of morpholine rings is 1. The lowest BCUT2D eigenvalue weighted by molar-refractivity contribution is -0.118. The maximum atomic E-state index is 12.5. The molecule has 1 aliphatic heterocycles. The Balaban J connectivity index is 1.66. The van der Waals surface area contributed by atoms with E-state index in [9.17, 15) is 10.1 Å². The molecule has 1 heterocycles. The van der Waals surface area contributed by atoms with Crippen LogP contribution in [0.15, 0.2) is 29.8 Å². The first-order valence-corrected chi connectivity index (χ1v) is 9.53. The zero-order valence-electron chi connectivity index (χ0n) is 15.4. The van der Waals surface area contributed by atoms with Crippen molar-refractivity contribution >= 4 is 17.7 Å². The van der Waals surface area contributed by atoms with Crippen LogP contribution >= 0.6 is 0 Å². The van der Waals surface area contributed by atoms with Gasteiger partial charge in [0.25, 0.3) is 5.91 Å². The fourth-order valence-electron chi connectivity index (χ4n) is 3.70. The molecule has 0 radical (unpaired) electrons. The minimum Gasteiger partial charge on any atom is -0.378 e. The van der Waals surface area contributed by atoms with Crippen molar-refractivity contribution in [1.29, 1.82) is 5.26 Å². The lowest BCUT2D eigenvalue weighted by atomic mass is 9.86. The fourth-order valence-corrected chi connectivity index (χ4v) is 3.70. The molecule has 1 saturated heterocycles. The average molecular weight is 353 g/mol. The molecule has 3 rings (SSSR count). The first-order valence-electron chi connectivity index (χ1n) is 9.53. The number of hydrogen-bond acceptors (Lipinski definition) is 4. The van der Waals surface area contributed by atoms with Crippen LogP contribution in [0.1, 0.15) is 38.2 Å². The van der Waals surface area contributed by atoms with E-state index in [-0.39, 0.29) is 17.5 Å². The van der Waals surface area contributed by atoms with Crippen molar-refractivity contribution in [3.8, 4) is 6.07 Å². The van der Waals surface area contributed by atoms with Gasteiger partial charge in [0.15, 0.2) is 0 Å². The Bertz CT molecular complexity index is 684. The fraction of sp³-hybridized carbons (Fsp3) is 0.524. The van der Waals surface area contributed by atoms with Crippen molar-refractivity contribution in [3.63, 3.8) is 0 Å². The van der Waals surface area contributed by atoms with Crippen LogP contribution in [0.2, 0.25) is 0 Å². The molecule has 1 aromatic rings. The molecule has 2 atom stereocenters. The van der Waals surface area contributed by atoms with E-state index in [1.807, 2.05) is 24.3 Å². The second kappa shape index (κ2) is 8.86. The molecule has 26 heavy (non-hydrogen) atoms. The maximum absolute atomic E-state index is 12.5. The third kappa shape index (κ3) is 4.64. The van der Waals surface area contributed by atoms with Gasteiger partial charge in [-0.15, -0.1) is 0 Å². The maximum Gasteiger partial charge on any atom is 0.262 e. The standard InChI is InChI=1S/C21H27N3O2/c1-16-4-2-3-5-20(16)23-21(25)18(15-22)14-17-6-8-19(9-7-17)24-10-12-26-13-11-24/h6-9,14,16,20H,2-5,10-13H2,1H3,(H,23,25)/b18-14+/t16-,20-/m1/s1. The minimum absolute atomic E-state index is 0.168. The third-order valence-electron chi connectivity index (χ3n) is 5.37. The molecule has 0 aromatic heterocycles. The van der Waals surface area contributed by atoms with Gasteiger partial charge in [0.05, 0.1) is 13.2 Å². The van der Waals surface area contributed by atoms with E-state index >= 15 is 0 Å². The number of ether oxygens (including phenoxy) is 1. The SMILES string of the molecule is C[C@@H]1CCCC[C@H]1NC(=O)/C(C#N)=C/c1ccc(N2CCOCC2)cc1. The molecular formula is C21H27N3O2. The van der Waals surface area contributed by atoms with Crippen molar-refractivity contribution in [2.24, 2.45) is 5.92 Å². The van der Waals surface area contributed by atoms with Crippen LogP contribution in [0, 0.1) is 17.2 Å². The van der Waals surface area contributed by atoms with Crippen LogP contribution in [-0.2, 0) is 9.53 Å². The van der Waals surface area contributed by atoms with Gasteiger partial charge in [0, 0.05) is 24.8 Å². The number of benzene rings is 1. The molecule has 2 aliphatic rings. The van der Waals surface area contributed by atoms with Gasteiger partial charge in [-0.3, -0.25) is 4.79 Å². The molecule has 0 unspecified atom stereocenters. The summed E-state index contributed by atoms with van der Waals surface area (Å²) in [7, 11) is 0. The Kier molecular flexibility index (Phi) is 6.30. The molecular weight excluding hydrogens is 326 g/mol. The van der Waals surface area contributed by atoms with Gasteiger partial charge in [-0.25, -0.2) is 0 Å². The van der Waals surface area contributed by atoms with Crippen LogP contribution < -0.4 is 10.2 Å². The molecule has 5 nitrogen and oxygen atoms in total. The van der Waals surface area contributed by atoms with E-state index in [4.69, 9.17) is 4.74 Å². The highest BCUT2D eigenvalue weighted by Crippen LogP contribution is 2.24. The highest BCUT2D eigenvalue weighted by molar-refractivity contribution is 6.01. The summed E-state index contributed by atoms with van der Waals surface area (Å²) in [6.45, 7) is 5.45. The van der Waals surface area contributed by atoms with Crippen LogP contribution in [0.4, 0.5) is 5.69 Å². The van der Waals surface area contributed by atoms with Crippen molar-refractivity contribution in [3.05, 3.63) is 35.4 Å². The van der Waals surface area contributed by atoms with Gasteiger partial charge in [0.2, 0.25) is 0 Å². The molecule has 0 spiro atoms. The van der Waals surface area contributed by atoms with Gasteiger partial charge in [-0.2, -0.15) is 5.26 Å². The van der Waals surface area contributed by atoms with Gasteiger partial charge in [0.1, 0.15) is 11.6 Å². The summed E-state index contributed by atoms with van der Waals surface area (Å²) >= 11 is 0. The van der Waals surface area contributed by atoms with Crippen molar-refractivity contribution in [2.75, 3.05) is 31.2 Å². The largest absolute Gasteiger partial charge is 0.378 e. The van der Waals surface area contributed by atoms with Crippen LogP contribution in [-0.4, -0.2) is 38.3 Å². The van der Waals surface area contributed by atoms with Crippen molar-refractivity contribution in [2.45, 2.75) is 38.6 Å². The Labute approximate surface area is 155 Å². The number of nitriles is 1. The topological polar surface area (TPSA) is 65.4 Å². The molecule has 0 bridgehead atoms. The number of nitrogens with zero attached hydrogens (tertiary/aromatic N) is 2. The van der Waals surface area contributed by atoms with Crippen LogP contribution in [0.5, 0.6) is 0 Å². The summed E-state index contributed by atoms with van der Waals surface area (Å²) in [6, 6.07) is 10.2. The van der Waals surface area contributed by atoms with Gasteiger partial charge < -0.3 is 15.0 Å². The molecule has 1 aliphatic carbocycles. The van der Waals surface area contributed by atoms with Gasteiger partial charge >= 0.3 is 0 Å². The normalized spacial score (nSPS) is 24.0. The molecule has 1 amide bonds. The number of amides is 1. The van der Waals surface area contributed by atoms with Crippen LogP contribution in [0.3, 0.4) is 0 Å². The molecule has 1 N–H and O–H groups in total. The Morgan fingerprint density at radius 2 is 1.92 bits per heavy atom. The quantitative estimate of drug-likeness (QED) is 0.667. The average Bonchev–Trinajstić information content (AvgIpc) is 2.69. The highest BCUT2D eigenvalue weighted by Gasteiger charge is 2.24.